The number of thiazole rings is 1. The summed E-state index contributed by atoms with van der Waals surface area (Å²) in [6, 6.07) is 0.407. The van der Waals surface area contributed by atoms with Gasteiger partial charge in [0.2, 0.25) is 0 Å². The Morgan fingerprint density at radius 2 is 2.19 bits per heavy atom. The summed E-state index contributed by atoms with van der Waals surface area (Å²) < 4.78 is 0. The predicted octanol–water partition coefficient (Wildman–Crippen LogP) is 3.45. The molecule has 1 rings (SSSR count). The molecule has 1 aromatic heterocycles. The van der Waals surface area contributed by atoms with Crippen LogP contribution in [-0.4, -0.2) is 17.6 Å². The Kier molecular flexibility index (Phi) is 4.69. The summed E-state index contributed by atoms with van der Waals surface area (Å²) in [6.45, 7) is 11.8. The Morgan fingerprint density at radius 3 is 2.69 bits per heavy atom. The molecule has 1 atom stereocenters. The molecular formula is C13H22N2S. The first-order valence-electron chi connectivity index (χ1n) is 5.81. The molecule has 0 radical (unpaired) electrons. The summed E-state index contributed by atoms with van der Waals surface area (Å²) in [5.41, 5.74) is 1.23. The van der Waals surface area contributed by atoms with Crippen LogP contribution >= 0.6 is 11.3 Å². The van der Waals surface area contributed by atoms with Crippen LogP contribution in [-0.2, 0) is 5.41 Å². The Morgan fingerprint density at radius 1 is 1.50 bits per heavy atom. The van der Waals surface area contributed by atoms with Gasteiger partial charge in [0.05, 0.1) is 10.7 Å². The van der Waals surface area contributed by atoms with E-state index < -0.39 is 0 Å². The van der Waals surface area contributed by atoms with E-state index in [4.69, 9.17) is 0 Å². The maximum atomic E-state index is 4.62. The minimum Gasteiger partial charge on any atom is -0.311 e. The van der Waals surface area contributed by atoms with Crippen LogP contribution < -0.4 is 5.32 Å². The number of hydrogen-bond donors (Lipinski definition) is 1. The third-order valence-corrected chi connectivity index (χ3v) is 3.53. The maximum Gasteiger partial charge on any atom is 0.0985 e. The number of nitrogens with zero attached hydrogens (tertiary/aromatic N) is 1. The van der Waals surface area contributed by atoms with Gasteiger partial charge in [-0.05, 0) is 19.5 Å². The standard InChI is InChI=1S/C13H22N2S/c1-6-14-10(2)7-8-11-9-16-12(15-11)13(3,4)5/h7-10,14H,6H2,1-5H3/b8-7+. The van der Waals surface area contributed by atoms with Crippen LogP contribution in [0.4, 0.5) is 0 Å². The molecule has 1 aromatic rings. The van der Waals surface area contributed by atoms with E-state index in [0.29, 0.717) is 6.04 Å². The first-order valence-corrected chi connectivity index (χ1v) is 6.69. The Hall–Kier alpha value is -0.670. The van der Waals surface area contributed by atoms with Gasteiger partial charge in [-0.3, -0.25) is 0 Å². The highest BCUT2D eigenvalue weighted by Gasteiger charge is 2.17. The number of hydrogen-bond acceptors (Lipinski definition) is 3. The molecule has 0 aliphatic rings. The molecule has 0 aliphatic carbocycles. The summed E-state index contributed by atoms with van der Waals surface area (Å²) in [4.78, 5) is 4.62. The van der Waals surface area contributed by atoms with E-state index in [1.54, 1.807) is 11.3 Å². The average molecular weight is 238 g/mol. The van der Waals surface area contributed by atoms with Crippen molar-refractivity contribution in [3.8, 4) is 0 Å². The molecule has 1 unspecified atom stereocenters. The lowest BCUT2D eigenvalue weighted by Gasteiger charge is -2.13. The first kappa shape index (κ1) is 13.4. The second-order valence-electron chi connectivity index (χ2n) is 5.03. The molecule has 0 fully saturated rings. The molecule has 1 heterocycles. The van der Waals surface area contributed by atoms with Crippen molar-refractivity contribution < 1.29 is 0 Å². The molecular weight excluding hydrogens is 216 g/mol. The van der Waals surface area contributed by atoms with Crippen LogP contribution in [0.25, 0.3) is 6.08 Å². The molecule has 0 amide bonds. The van der Waals surface area contributed by atoms with E-state index in [1.165, 1.54) is 5.01 Å². The third-order valence-electron chi connectivity index (χ3n) is 2.25. The molecule has 0 bridgehead atoms. The minimum absolute atomic E-state index is 0.157. The van der Waals surface area contributed by atoms with Gasteiger partial charge in [-0.15, -0.1) is 11.3 Å². The van der Waals surface area contributed by atoms with Gasteiger partial charge >= 0.3 is 0 Å². The quantitative estimate of drug-likeness (QED) is 0.869. The first-order chi connectivity index (χ1) is 7.43. The van der Waals surface area contributed by atoms with Crippen LogP contribution in [0.2, 0.25) is 0 Å². The second kappa shape index (κ2) is 5.60. The largest absolute Gasteiger partial charge is 0.311 e. The van der Waals surface area contributed by atoms with Gasteiger partial charge in [-0.2, -0.15) is 0 Å². The molecule has 0 aliphatic heterocycles. The minimum atomic E-state index is 0.157. The average Bonchev–Trinajstić information content (AvgIpc) is 2.63. The number of aromatic nitrogens is 1. The van der Waals surface area contributed by atoms with E-state index in [2.05, 4.69) is 62.5 Å². The maximum absolute atomic E-state index is 4.62. The van der Waals surface area contributed by atoms with Crippen LogP contribution in [0.5, 0.6) is 0 Å². The zero-order valence-corrected chi connectivity index (χ0v) is 11.7. The number of nitrogens with one attached hydrogen (secondary N) is 1. The van der Waals surface area contributed by atoms with E-state index in [1.807, 2.05) is 0 Å². The molecule has 0 aromatic carbocycles. The van der Waals surface area contributed by atoms with Gasteiger partial charge in [0, 0.05) is 16.8 Å². The highest BCUT2D eigenvalue weighted by molar-refractivity contribution is 7.09. The molecule has 90 valence electrons. The highest BCUT2D eigenvalue weighted by Crippen LogP contribution is 2.25. The number of likely N-dealkylation sites (N-methyl/N-ethyl adjacent to an activating group) is 1. The van der Waals surface area contributed by atoms with E-state index in [9.17, 15) is 0 Å². The van der Waals surface area contributed by atoms with Crippen molar-refractivity contribution in [2.75, 3.05) is 6.54 Å². The van der Waals surface area contributed by atoms with Crippen molar-refractivity contribution in [3.05, 3.63) is 22.2 Å². The normalized spacial score (nSPS) is 14.6. The smallest absolute Gasteiger partial charge is 0.0985 e. The molecule has 0 spiro atoms. The van der Waals surface area contributed by atoms with Crippen molar-refractivity contribution >= 4 is 17.4 Å². The van der Waals surface area contributed by atoms with Crippen molar-refractivity contribution in [2.24, 2.45) is 0 Å². The van der Waals surface area contributed by atoms with Crippen LogP contribution in [0.3, 0.4) is 0 Å². The summed E-state index contributed by atoms with van der Waals surface area (Å²) in [5.74, 6) is 0. The molecule has 16 heavy (non-hydrogen) atoms. The van der Waals surface area contributed by atoms with Crippen LogP contribution in [0.15, 0.2) is 11.5 Å². The van der Waals surface area contributed by atoms with E-state index in [0.717, 1.165) is 12.2 Å². The summed E-state index contributed by atoms with van der Waals surface area (Å²) in [6.07, 6.45) is 4.25. The molecule has 3 heteroatoms. The van der Waals surface area contributed by atoms with Crippen LogP contribution in [0, 0.1) is 0 Å². The summed E-state index contributed by atoms with van der Waals surface area (Å²) >= 11 is 1.74. The Labute approximate surface area is 103 Å². The topological polar surface area (TPSA) is 24.9 Å². The van der Waals surface area contributed by atoms with E-state index >= 15 is 0 Å². The van der Waals surface area contributed by atoms with Gasteiger partial charge in [0.1, 0.15) is 0 Å². The molecule has 2 nitrogen and oxygen atoms in total. The molecule has 1 N–H and O–H groups in total. The zero-order chi connectivity index (χ0) is 12.2. The number of rotatable bonds is 4. The van der Waals surface area contributed by atoms with Gasteiger partial charge in [0.25, 0.3) is 0 Å². The Balaban J connectivity index is 2.65. The van der Waals surface area contributed by atoms with E-state index in [-0.39, 0.29) is 5.41 Å². The van der Waals surface area contributed by atoms with Crippen molar-refractivity contribution in [1.29, 1.82) is 0 Å². The summed E-state index contributed by atoms with van der Waals surface area (Å²) in [5, 5.41) is 6.66. The fourth-order valence-electron chi connectivity index (χ4n) is 1.34. The monoisotopic (exact) mass is 238 g/mol. The van der Waals surface area contributed by atoms with Crippen molar-refractivity contribution in [1.82, 2.24) is 10.3 Å². The van der Waals surface area contributed by atoms with Gasteiger partial charge < -0.3 is 5.32 Å². The zero-order valence-electron chi connectivity index (χ0n) is 10.9. The highest BCUT2D eigenvalue weighted by atomic mass is 32.1. The molecule has 0 saturated carbocycles. The lowest BCUT2D eigenvalue weighted by molar-refractivity contribution is 0.585. The van der Waals surface area contributed by atoms with Crippen molar-refractivity contribution in [2.45, 2.75) is 46.1 Å². The fourth-order valence-corrected chi connectivity index (χ4v) is 2.22. The second-order valence-corrected chi connectivity index (χ2v) is 5.89. The Bertz CT molecular complexity index is 347. The lowest BCUT2D eigenvalue weighted by Crippen LogP contribution is -2.22. The fraction of sp³-hybridized carbons (Fsp3) is 0.615. The summed E-state index contributed by atoms with van der Waals surface area (Å²) in [7, 11) is 0. The predicted molar refractivity (Wildman–Crippen MR) is 73.0 cm³/mol. The third kappa shape index (κ3) is 4.06. The van der Waals surface area contributed by atoms with Crippen LogP contribution in [0.1, 0.15) is 45.3 Å². The van der Waals surface area contributed by atoms with Crippen molar-refractivity contribution in [3.63, 3.8) is 0 Å². The van der Waals surface area contributed by atoms with Gasteiger partial charge in [0.15, 0.2) is 0 Å². The lowest BCUT2D eigenvalue weighted by atomic mass is 9.98. The van der Waals surface area contributed by atoms with Gasteiger partial charge in [-0.25, -0.2) is 4.98 Å². The van der Waals surface area contributed by atoms with Gasteiger partial charge in [-0.1, -0.05) is 33.8 Å². The SMILES string of the molecule is CCNC(C)/C=C/c1csc(C(C)(C)C)n1. The molecule has 0 saturated heterocycles.